The van der Waals surface area contributed by atoms with Crippen molar-refractivity contribution >= 4 is 96.1 Å². The van der Waals surface area contributed by atoms with Crippen molar-refractivity contribution in [1.29, 1.82) is 0 Å². The van der Waals surface area contributed by atoms with Crippen LogP contribution in [0.25, 0.3) is 0 Å². The number of nitrogens with one attached hydrogen (secondary N) is 1. The third-order valence-corrected chi connectivity index (χ3v) is 15.9. The normalized spacial score (nSPS) is 22.1. The van der Waals surface area contributed by atoms with Gasteiger partial charge in [0.05, 0.1) is 62.9 Å². The first-order valence-electron chi connectivity index (χ1n) is 21.7. The Bertz CT molecular complexity index is 3070. The zero-order valence-corrected chi connectivity index (χ0v) is 42.2. The molecule has 8 rings (SSSR count). The number of anilines is 2. The van der Waals surface area contributed by atoms with E-state index in [1.54, 1.807) is 69.3 Å². The minimum atomic E-state index is -4.40. The van der Waals surface area contributed by atoms with Crippen LogP contribution < -0.4 is 20.9 Å². The highest BCUT2D eigenvalue weighted by atomic mass is 35.5. The van der Waals surface area contributed by atoms with Crippen LogP contribution in [-0.4, -0.2) is 87.3 Å². The Morgan fingerprint density at radius 1 is 0.694 bits per heavy atom. The molecule has 4 aromatic carbocycles. The molecule has 0 spiro atoms. The molecule has 0 aromatic heterocycles. The predicted molar refractivity (Wildman–Crippen MR) is 255 cm³/mol. The van der Waals surface area contributed by atoms with Crippen LogP contribution in [0.4, 0.5) is 42.5 Å². The number of Topliss-reactive ketones (excluding diaryl/α,β-unsaturated/α-hetero) is 2. The first-order chi connectivity index (χ1) is 32.9. The Labute approximate surface area is 425 Å². The first-order valence-corrected chi connectivity index (χ1v) is 25.7. The molecule has 4 aromatic rings. The summed E-state index contributed by atoms with van der Waals surface area (Å²) in [6.07, 6.45) is -3.22. The van der Waals surface area contributed by atoms with Gasteiger partial charge >= 0.3 is 6.09 Å². The van der Waals surface area contributed by atoms with Crippen molar-refractivity contribution in [2.45, 2.75) is 98.9 Å². The summed E-state index contributed by atoms with van der Waals surface area (Å²) in [5.41, 5.74) is 4.25. The second kappa shape index (κ2) is 20.6. The number of rotatable bonds is 11. The molecular formula is C47H45Cl3F6N4O10S2. The molecule has 4 aliphatic rings. The summed E-state index contributed by atoms with van der Waals surface area (Å²) in [5.74, 6) is -15.9. The number of hydrogen-bond acceptors (Lipinski definition) is 11. The van der Waals surface area contributed by atoms with Crippen molar-refractivity contribution in [2.24, 2.45) is 17.6 Å². The van der Waals surface area contributed by atoms with Gasteiger partial charge in [-0.15, -0.1) is 12.4 Å². The number of ether oxygens (including phenoxy) is 1. The van der Waals surface area contributed by atoms with Crippen LogP contribution in [0.1, 0.15) is 78.3 Å². The Hall–Kier alpha value is -5.26. The lowest BCUT2D eigenvalue weighted by atomic mass is 10.0. The van der Waals surface area contributed by atoms with Gasteiger partial charge in [-0.2, -0.15) is 0 Å². The third kappa shape index (κ3) is 12.7. The summed E-state index contributed by atoms with van der Waals surface area (Å²) in [5, 5.41) is 3.13. The third-order valence-electron chi connectivity index (χ3n) is 11.9. The Morgan fingerprint density at radius 3 is 1.44 bits per heavy atom. The van der Waals surface area contributed by atoms with E-state index in [9.17, 15) is 62.8 Å². The van der Waals surface area contributed by atoms with Gasteiger partial charge < -0.3 is 25.6 Å². The van der Waals surface area contributed by atoms with Gasteiger partial charge in [0.25, 0.3) is 17.8 Å². The molecule has 0 saturated heterocycles. The summed E-state index contributed by atoms with van der Waals surface area (Å²) in [7, 11) is -8.57. The molecular weight excluding hydrogens is 1070 g/mol. The maximum absolute atomic E-state index is 15.1. The number of carbonyl (C=O) groups is 5. The van der Waals surface area contributed by atoms with E-state index in [0.29, 0.717) is 33.3 Å². The van der Waals surface area contributed by atoms with Crippen molar-refractivity contribution in [3.05, 3.63) is 117 Å². The molecule has 2 aliphatic carbocycles. The molecule has 4 atom stereocenters. The standard InChI is InChI=1S/C26H26ClF3N2O6S.C21H18ClF3N2O4S.ClH/c1-25(2,3)38-24(35)31-19-13-39(36,37)22-10-18(28)17(21(33)8-15-11-26(15,29)30)9-20(22)32(23(19)34)12-14-4-6-16(27)7-5-14;22-13-3-1-11(2-4-13)9-27-17-6-14(18(28)5-12-8-21(12,24)25)15(23)7-19(17)32(30,31)10-16(26)20(27)29;/h4-7,9-10,15,19H,8,11-13H2,1-3H3,(H,31,35);1-4,6-7,12,16H,5,8-10,26H2;1H/t15?,19-;12?,16-;/m00./s1. The number of carbonyl (C=O) groups excluding carboxylic acids is 5. The van der Waals surface area contributed by atoms with Crippen LogP contribution in [0.5, 0.6) is 0 Å². The van der Waals surface area contributed by atoms with Crippen molar-refractivity contribution in [3.63, 3.8) is 0 Å². The number of alkyl halides is 4. The summed E-state index contributed by atoms with van der Waals surface area (Å²) >= 11 is 11.8. The molecule has 3 amide bonds. The van der Waals surface area contributed by atoms with Gasteiger partial charge in [0.15, 0.2) is 31.2 Å². The van der Waals surface area contributed by atoms with E-state index in [2.05, 4.69) is 5.32 Å². The number of halogens is 9. The van der Waals surface area contributed by atoms with Crippen molar-refractivity contribution in [1.82, 2.24) is 5.32 Å². The van der Waals surface area contributed by atoms with E-state index < -0.39 is 160 Å². The number of ketones is 2. The average Bonchev–Trinajstić information content (AvgIpc) is 4.10. The van der Waals surface area contributed by atoms with E-state index in [1.807, 2.05) is 0 Å². The summed E-state index contributed by atoms with van der Waals surface area (Å²) in [6.45, 7) is 4.40. The fourth-order valence-corrected chi connectivity index (χ4v) is 11.3. The number of alkyl carbamates (subject to hydrolysis) is 1. The molecule has 2 saturated carbocycles. The number of sulfone groups is 2. The molecule has 0 bridgehead atoms. The van der Waals surface area contributed by atoms with Crippen LogP contribution in [0.2, 0.25) is 10.0 Å². The molecule has 25 heteroatoms. The van der Waals surface area contributed by atoms with Crippen LogP contribution >= 0.6 is 35.6 Å². The lowest BCUT2D eigenvalue weighted by Crippen LogP contribution is -2.51. The maximum atomic E-state index is 15.1. The van der Waals surface area contributed by atoms with Crippen LogP contribution in [0, 0.1) is 23.5 Å². The van der Waals surface area contributed by atoms with Crippen LogP contribution in [0.3, 0.4) is 0 Å². The minimum Gasteiger partial charge on any atom is -0.444 e. The zero-order chi connectivity index (χ0) is 52.3. The van der Waals surface area contributed by atoms with Gasteiger partial charge in [0.2, 0.25) is 5.91 Å². The van der Waals surface area contributed by atoms with Crippen molar-refractivity contribution in [2.75, 3.05) is 21.3 Å². The predicted octanol–water partition coefficient (Wildman–Crippen LogP) is 8.70. The smallest absolute Gasteiger partial charge is 0.408 e. The fraction of sp³-hybridized carbons (Fsp3) is 0.383. The summed E-state index contributed by atoms with van der Waals surface area (Å²) < 4.78 is 140. The van der Waals surface area contributed by atoms with E-state index in [0.717, 1.165) is 21.9 Å². The fourth-order valence-electron chi connectivity index (χ4n) is 7.91. The van der Waals surface area contributed by atoms with Gasteiger partial charge in [0, 0.05) is 47.6 Å². The van der Waals surface area contributed by atoms with Gasteiger partial charge in [-0.1, -0.05) is 47.5 Å². The molecule has 2 fully saturated rings. The van der Waals surface area contributed by atoms with E-state index in [-0.39, 0.29) is 36.9 Å². The second-order valence-corrected chi connectivity index (χ2v) is 23.5. The Balaban J connectivity index is 0.000000236. The molecule has 0 radical (unpaired) electrons. The summed E-state index contributed by atoms with van der Waals surface area (Å²) in [6, 6.07) is 12.7. The van der Waals surface area contributed by atoms with Gasteiger partial charge in [-0.05, 0) is 80.4 Å². The highest BCUT2D eigenvalue weighted by Crippen LogP contribution is 2.52. The number of nitrogens with two attached hydrogens (primary N) is 1. The Kier molecular flexibility index (Phi) is 16.0. The molecule has 2 aliphatic heterocycles. The van der Waals surface area contributed by atoms with E-state index >= 15 is 4.39 Å². The van der Waals surface area contributed by atoms with E-state index in [1.165, 1.54) is 0 Å². The average molecular weight is 1110 g/mol. The number of benzene rings is 4. The molecule has 3 N–H and O–H groups in total. The lowest BCUT2D eigenvalue weighted by molar-refractivity contribution is -0.120. The molecule has 2 heterocycles. The highest BCUT2D eigenvalue weighted by Gasteiger charge is 2.58. The maximum Gasteiger partial charge on any atom is 0.408 e. The quantitative estimate of drug-likeness (QED) is 0.107. The van der Waals surface area contributed by atoms with Gasteiger partial charge in [0.1, 0.15) is 23.3 Å². The largest absolute Gasteiger partial charge is 0.444 e. The van der Waals surface area contributed by atoms with Crippen molar-refractivity contribution in [3.8, 4) is 0 Å². The van der Waals surface area contributed by atoms with Crippen LogP contribution in [-0.2, 0) is 47.1 Å². The molecule has 2 unspecified atom stereocenters. The zero-order valence-electron chi connectivity index (χ0n) is 38.2. The molecule has 72 heavy (non-hydrogen) atoms. The number of amides is 3. The monoisotopic (exact) mass is 1110 g/mol. The minimum absolute atomic E-state index is 0. The van der Waals surface area contributed by atoms with Crippen LogP contribution in [0.15, 0.2) is 82.6 Å². The number of fused-ring (bicyclic) bond motifs is 2. The Morgan fingerprint density at radius 2 is 1.07 bits per heavy atom. The topological polar surface area (TPSA) is 207 Å². The highest BCUT2D eigenvalue weighted by molar-refractivity contribution is 7.92. The number of nitrogens with zero attached hydrogens (tertiary/aromatic N) is 2. The number of hydrogen-bond donors (Lipinski definition) is 2. The second-order valence-electron chi connectivity index (χ2n) is 18.6. The van der Waals surface area contributed by atoms with Gasteiger partial charge in [-0.25, -0.2) is 48.0 Å². The SMILES string of the molecule is CC(C)(C)OC(=O)N[C@H]1CS(=O)(=O)c2cc(F)c(C(=O)CC3CC3(F)F)cc2N(Cc2ccc(Cl)cc2)C1=O.Cl.N[C@H]1CS(=O)(=O)c2cc(F)c(C(=O)CC3CC3(F)F)cc2N(Cc2ccc(Cl)cc2)C1=O. The van der Waals surface area contributed by atoms with Gasteiger partial charge in [-0.3, -0.25) is 19.2 Å². The molecule has 14 nitrogen and oxygen atoms in total. The molecule has 388 valence electrons. The lowest BCUT2D eigenvalue weighted by Gasteiger charge is -2.27. The van der Waals surface area contributed by atoms with E-state index in [4.69, 9.17) is 33.7 Å². The first kappa shape index (κ1) is 56.0. The summed E-state index contributed by atoms with van der Waals surface area (Å²) in [4.78, 5) is 65.4. The van der Waals surface area contributed by atoms with Crippen molar-refractivity contribution < 1.29 is 71.9 Å².